The van der Waals surface area contributed by atoms with Crippen molar-refractivity contribution < 1.29 is 27.1 Å². The highest BCUT2D eigenvalue weighted by Crippen LogP contribution is 2.29. The summed E-state index contributed by atoms with van der Waals surface area (Å²) in [5.74, 6) is -0.0364. The van der Waals surface area contributed by atoms with Crippen LogP contribution in [0, 0.1) is 0 Å². The number of fused-ring (bicyclic) bond motifs is 1. The van der Waals surface area contributed by atoms with E-state index in [0.717, 1.165) is 12.1 Å². The molecular formula is C23H23F3N2O4. The minimum Gasteiger partial charge on any atom is -0.484 e. The zero-order valence-corrected chi connectivity index (χ0v) is 17.7. The number of alkyl halides is 3. The molecule has 0 aliphatic rings. The Labute approximate surface area is 182 Å². The number of carbonyl (C=O) groups is 1. The van der Waals surface area contributed by atoms with E-state index in [0.29, 0.717) is 35.4 Å². The molecule has 0 saturated carbocycles. The highest BCUT2D eigenvalue weighted by Gasteiger charge is 2.30. The molecule has 0 unspecified atom stereocenters. The van der Waals surface area contributed by atoms with Gasteiger partial charge >= 0.3 is 11.8 Å². The minimum absolute atomic E-state index is 0.0204. The first-order chi connectivity index (χ1) is 15.1. The zero-order chi connectivity index (χ0) is 23.3. The molecule has 1 aromatic heterocycles. The Morgan fingerprint density at radius 2 is 1.78 bits per heavy atom. The Kier molecular flexibility index (Phi) is 7.19. The molecule has 0 N–H and O–H groups in total. The lowest BCUT2D eigenvalue weighted by molar-refractivity contribution is -0.137. The quantitative estimate of drug-likeness (QED) is 0.491. The largest absolute Gasteiger partial charge is 0.484 e. The molecule has 9 heteroatoms. The van der Waals surface area contributed by atoms with Crippen molar-refractivity contribution in [1.29, 1.82) is 0 Å². The number of likely N-dealkylation sites (N-methyl/N-ethyl adjacent to an activating group) is 1. The van der Waals surface area contributed by atoms with Crippen LogP contribution in [0.25, 0.3) is 11.0 Å². The summed E-state index contributed by atoms with van der Waals surface area (Å²) < 4.78 is 49.8. The predicted octanol–water partition coefficient (Wildman–Crippen LogP) is 3.78. The number of ether oxygens (including phenoxy) is 1. The van der Waals surface area contributed by atoms with E-state index in [1.54, 1.807) is 24.3 Å². The molecule has 0 aliphatic carbocycles. The molecule has 1 heterocycles. The fourth-order valence-corrected chi connectivity index (χ4v) is 3.05. The molecule has 0 fully saturated rings. The standard InChI is InChI=1S/C23H23F3N2O4/c1-27(2)10-11-28(14-16-4-3-5-18(12-16)23(24,25)26)21(29)15-31-19-8-6-17-7-9-22(30)32-20(17)13-19/h3-9,12-13H,10-11,14-15H2,1-2H3. The molecule has 0 radical (unpaired) electrons. The van der Waals surface area contributed by atoms with Crippen LogP contribution in [0.5, 0.6) is 5.75 Å². The average Bonchev–Trinajstić information content (AvgIpc) is 2.74. The smallest absolute Gasteiger partial charge is 0.416 e. The topological polar surface area (TPSA) is 63.0 Å². The molecule has 0 spiro atoms. The van der Waals surface area contributed by atoms with Gasteiger partial charge in [-0.25, -0.2) is 4.79 Å². The Bertz CT molecular complexity index is 1140. The van der Waals surface area contributed by atoms with Gasteiger partial charge in [0.2, 0.25) is 0 Å². The number of carbonyl (C=O) groups excluding carboxylic acids is 1. The van der Waals surface area contributed by atoms with Gasteiger partial charge in [-0.15, -0.1) is 0 Å². The van der Waals surface area contributed by atoms with Crippen molar-refractivity contribution in [3.8, 4) is 5.75 Å². The van der Waals surface area contributed by atoms with Gasteiger partial charge in [0.25, 0.3) is 5.91 Å². The van der Waals surface area contributed by atoms with Gasteiger partial charge in [-0.1, -0.05) is 12.1 Å². The third-order valence-corrected chi connectivity index (χ3v) is 4.75. The minimum atomic E-state index is -4.46. The van der Waals surface area contributed by atoms with Gasteiger partial charge in [0, 0.05) is 37.2 Å². The number of hydrogen-bond donors (Lipinski definition) is 0. The summed E-state index contributed by atoms with van der Waals surface area (Å²) in [4.78, 5) is 27.5. The number of benzene rings is 2. The van der Waals surface area contributed by atoms with E-state index in [4.69, 9.17) is 9.15 Å². The van der Waals surface area contributed by atoms with Crippen molar-refractivity contribution in [1.82, 2.24) is 9.80 Å². The number of amides is 1. The number of nitrogens with zero attached hydrogens (tertiary/aromatic N) is 2. The molecule has 2 aromatic carbocycles. The van der Waals surface area contributed by atoms with Crippen LogP contribution in [0.4, 0.5) is 13.2 Å². The van der Waals surface area contributed by atoms with E-state index >= 15 is 0 Å². The molecule has 0 aliphatic heterocycles. The fourth-order valence-electron chi connectivity index (χ4n) is 3.05. The van der Waals surface area contributed by atoms with Crippen molar-refractivity contribution in [2.45, 2.75) is 12.7 Å². The van der Waals surface area contributed by atoms with Crippen molar-refractivity contribution in [3.63, 3.8) is 0 Å². The van der Waals surface area contributed by atoms with Crippen molar-refractivity contribution in [3.05, 3.63) is 76.1 Å². The first-order valence-corrected chi connectivity index (χ1v) is 9.87. The lowest BCUT2D eigenvalue weighted by Gasteiger charge is -2.25. The van der Waals surface area contributed by atoms with Gasteiger partial charge in [-0.2, -0.15) is 13.2 Å². The molecule has 6 nitrogen and oxygen atoms in total. The summed E-state index contributed by atoms with van der Waals surface area (Å²) >= 11 is 0. The van der Waals surface area contributed by atoms with Crippen LogP contribution in [0.2, 0.25) is 0 Å². The molecule has 170 valence electrons. The van der Waals surface area contributed by atoms with Crippen molar-refractivity contribution >= 4 is 16.9 Å². The molecule has 32 heavy (non-hydrogen) atoms. The van der Waals surface area contributed by atoms with Crippen LogP contribution in [0.1, 0.15) is 11.1 Å². The highest BCUT2D eigenvalue weighted by molar-refractivity contribution is 5.79. The van der Waals surface area contributed by atoms with E-state index in [-0.39, 0.29) is 19.1 Å². The lowest BCUT2D eigenvalue weighted by Crippen LogP contribution is -2.39. The van der Waals surface area contributed by atoms with E-state index < -0.39 is 17.4 Å². The number of halogens is 3. The highest BCUT2D eigenvalue weighted by atomic mass is 19.4. The Hall–Kier alpha value is -3.33. The number of rotatable bonds is 8. The molecule has 0 saturated heterocycles. The average molecular weight is 448 g/mol. The van der Waals surface area contributed by atoms with Crippen LogP contribution in [-0.2, 0) is 17.5 Å². The fraction of sp³-hybridized carbons (Fsp3) is 0.304. The maximum absolute atomic E-state index is 13.0. The van der Waals surface area contributed by atoms with Crippen LogP contribution in [0.15, 0.2) is 63.8 Å². The van der Waals surface area contributed by atoms with E-state index in [1.807, 2.05) is 19.0 Å². The second kappa shape index (κ2) is 9.86. The second-order valence-corrected chi connectivity index (χ2v) is 7.56. The number of hydrogen-bond acceptors (Lipinski definition) is 5. The lowest BCUT2D eigenvalue weighted by atomic mass is 10.1. The van der Waals surface area contributed by atoms with Gasteiger partial charge in [0.15, 0.2) is 6.61 Å². The first kappa shape index (κ1) is 23.3. The van der Waals surface area contributed by atoms with Crippen LogP contribution >= 0.6 is 0 Å². The maximum atomic E-state index is 13.0. The van der Waals surface area contributed by atoms with Gasteiger partial charge in [0.1, 0.15) is 11.3 Å². The Morgan fingerprint density at radius 3 is 2.50 bits per heavy atom. The second-order valence-electron chi connectivity index (χ2n) is 7.56. The van der Waals surface area contributed by atoms with Gasteiger partial charge in [-0.05, 0) is 50.0 Å². The van der Waals surface area contributed by atoms with E-state index in [1.165, 1.54) is 23.1 Å². The normalized spacial score (nSPS) is 11.7. The summed E-state index contributed by atoms with van der Waals surface area (Å²) in [6.07, 6.45) is -4.46. The molecule has 3 aromatic rings. The summed E-state index contributed by atoms with van der Waals surface area (Å²) in [6.45, 7) is 0.561. The molecule has 1 amide bonds. The summed E-state index contributed by atoms with van der Waals surface area (Å²) in [5, 5.41) is 0.709. The van der Waals surface area contributed by atoms with Crippen molar-refractivity contribution in [2.24, 2.45) is 0 Å². The van der Waals surface area contributed by atoms with Crippen LogP contribution in [0.3, 0.4) is 0 Å². The Morgan fingerprint density at radius 1 is 1.03 bits per heavy atom. The summed E-state index contributed by atoms with van der Waals surface area (Å²) in [7, 11) is 3.68. The van der Waals surface area contributed by atoms with E-state index in [2.05, 4.69) is 0 Å². The summed E-state index contributed by atoms with van der Waals surface area (Å²) in [5.41, 5.74) is -0.555. The van der Waals surface area contributed by atoms with Gasteiger partial charge in [0.05, 0.1) is 5.56 Å². The van der Waals surface area contributed by atoms with Crippen molar-refractivity contribution in [2.75, 3.05) is 33.8 Å². The third kappa shape index (κ3) is 6.34. The van der Waals surface area contributed by atoms with Gasteiger partial charge < -0.3 is 19.0 Å². The molecule has 0 bridgehead atoms. The predicted molar refractivity (Wildman–Crippen MR) is 113 cm³/mol. The zero-order valence-electron chi connectivity index (χ0n) is 17.7. The van der Waals surface area contributed by atoms with Gasteiger partial charge in [-0.3, -0.25) is 4.79 Å². The first-order valence-electron chi connectivity index (χ1n) is 9.87. The van der Waals surface area contributed by atoms with E-state index in [9.17, 15) is 22.8 Å². The molecular weight excluding hydrogens is 425 g/mol. The van der Waals surface area contributed by atoms with Crippen LogP contribution in [-0.4, -0.2) is 49.5 Å². The Balaban J connectivity index is 1.72. The monoisotopic (exact) mass is 448 g/mol. The summed E-state index contributed by atoms with van der Waals surface area (Å²) in [6, 6.07) is 12.7. The SMILES string of the molecule is CN(C)CCN(Cc1cccc(C(F)(F)F)c1)C(=O)COc1ccc2ccc(=O)oc2c1. The molecule has 3 rings (SSSR count). The third-order valence-electron chi connectivity index (χ3n) is 4.75. The molecule has 0 atom stereocenters. The van der Waals surface area contributed by atoms with Crippen LogP contribution < -0.4 is 10.4 Å². The maximum Gasteiger partial charge on any atom is 0.416 e.